The molecule has 3 aromatic rings. The fraction of sp³-hybridized carbons (Fsp3) is 0.304. The Bertz CT molecular complexity index is 1210. The van der Waals surface area contributed by atoms with Gasteiger partial charge in [0.2, 0.25) is 17.6 Å². The molecule has 162 valence electrons. The lowest BCUT2D eigenvalue weighted by atomic mass is 10.1. The number of para-hydroxylation sites is 2. The van der Waals surface area contributed by atoms with Crippen molar-refractivity contribution in [2.45, 2.75) is 40.2 Å². The largest absolute Gasteiger partial charge is 0.324 e. The van der Waals surface area contributed by atoms with Crippen LogP contribution >= 0.6 is 11.6 Å². The van der Waals surface area contributed by atoms with E-state index in [1.807, 2.05) is 13.8 Å². The first-order chi connectivity index (χ1) is 14.8. The van der Waals surface area contributed by atoms with E-state index in [1.165, 1.54) is 16.4 Å². The average Bonchev–Trinajstić information content (AvgIpc) is 2.74. The Kier molecular flexibility index (Phi) is 6.75. The summed E-state index contributed by atoms with van der Waals surface area (Å²) in [5, 5.41) is 3.44. The van der Waals surface area contributed by atoms with Crippen LogP contribution in [0.4, 0.5) is 11.5 Å². The van der Waals surface area contributed by atoms with Gasteiger partial charge < -0.3 is 5.32 Å². The van der Waals surface area contributed by atoms with Gasteiger partial charge in [-0.3, -0.25) is 23.9 Å². The SMILES string of the molecule is CC[C@H](C(=O)Nc1cccc(Cl)c1C)n1c(=O)c(N(CC)C(C)=O)nc2ccccc21. The van der Waals surface area contributed by atoms with Crippen LogP contribution in [-0.2, 0) is 9.59 Å². The highest BCUT2D eigenvalue weighted by molar-refractivity contribution is 6.31. The van der Waals surface area contributed by atoms with E-state index in [0.29, 0.717) is 34.7 Å². The first-order valence-corrected chi connectivity index (χ1v) is 10.5. The molecule has 1 atom stereocenters. The zero-order chi connectivity index (χ0) is 22.7. The van der Waals surface area contributed by atoms with Crippen molar-refractivity contribution < 1.29 is 9.59 Å². The van der Waals surface area contributed by atoms with Crippen molar-refractivity contribution in [2.75, 3.05) is 16.8 Å². The standard InChI is InChI=1S/C23H25ClN4O3/c1-5-19(22(30)26-17-12-9-10-16(24)14(17)3)28-20-13-8-7-11-18(20)25-21(23(28)31)27(6-2)15(4)29/h7-13,19H,5-6H2,1-4H3,(H,26,30)/t19-/m1/s1. The number of amides is 2. The van der Waals surface area contributed by atoms with Gasteiger partial charge in [-0.05, 0) is 50.1 Å². The smallest absolute Gasteiger partial charge is 0.295 e. The number of benzene rings is 2. The van der Waals surface area contributed by atoms with Crippen molar-refractivity contribution in [3.63, 3.8) is 0 Å². The topological polar surface area (TPSA) is 84.3 Å². The summed E-state index contributed by atoms with van der Waals surface area (Å²) in [4.78, 5) is 44.6. The number of carbonyl (C=O) groups is 2. The van der Waals surface area contributed by atoms with Gasteiger partial charge in [-0.25, -0.2) is 4.98 Å². The number of nitrogens with one attached hydrogen (secondary N) is 1. The molecule has 0 saturated heterocycles. The van der Waals surface area contributed by atoms with Crippen LogP contribution in [0.25, 0.3) is 11.0 Å². The second kappa shape index (κ2) is 9.31. The average molecular weight is 441 g/mol. The van der Waals surface area contributed by atoms with Gasteiger partial charge >= 0.3 is 0 Å². The number of halogens is 1. The summed E-state index contributed by atoms with van der Waals surface area (Å²) in [5.74, 6) is -0.622. The van der Waals surface area contributed by atoms with Gasteiger partial charge in [0.15, 0.2) is 0 Å². The summed E-state index contributed by atoms with van der Waals surface area (Å²) in [7, 11) is 0. The summed E-state index contributed by atoms with van der Waals surface area (Å²) in [6.45, 7) is 7.10. The quantitative estimate of drug-likeness (QED) is 0.618. The fourth-order valence-electron chi connectivity index (χ4n) is 3.59. The molecule has 7 nitrogen and oxygen atoms in total. The fourth-order valence-corrected chi connectivity index (χ4v) is 3.77. The van der Waals surface area contributed by atoms with E-state index in [1.54, 1.807) is 49.4 Å². The third-order valence-corrected chi connectivity index (χ3v) is 5.67. The van der Waals surface area contributed by atoms with E-state index in [0.717, 1.165) is 5.56 Å². The Morgan fingerprint density at radius 3 is 2.52 bits per heavy atom. The van der Waals surface area contributed by atoms with E-state index in [4.69, 9.17) is 11.6 Å². The first kappa shape index (κ1) is 22.5. The first-order valence-electron chi connectivity index (χ1n) is 10.1. The molecular formula is C23H25ClN4O3. The van der Waals surface area contributed by atoms with Crippen LogP contribution in [0.1, 0.15) is 38.8 Å². The normalized spacial score (nSPS) is 11.9. The van der Waals surface area contributed by atoms with Gasteiger partial charge in [0, 0.05) is 24.2 Å². The minimum absolute atomic E-state index is 0.0129. The molecule has 0 aliphatic heterocycles. The monoisotopic (exact) mass is 440 g/mol. The number of aromatic nitrogens is 2. The molecule has 2 aromatic carbocycles. The molecule has 0 unspecified atom stereocenters. The molecule has 0 aliphatic rings. The number of anilines is 2. The Labute approximate surface area is 185 Å². The molecule has 0 spiro atoms. The Hall–Kier alpha value is -3.19. The minimum atomic E-state index is -0.803. The Balaban J connectivity index is 2.17. The molecule has 0 aliphatic carbocycles. The molecule has 0 saturated carbocycles. The van der Waals surface area contributed by atoms with E-state index in [2.05, 4.69) is 10.3 Å². The number of fused-ring (bicyclic) bond motifs is 1. The number of carbonyl (C=O) groups excluding carboxylic acids is 2. The zero-order valence-electron chi connectivity index (χ0n) is 18.0. The van der Waals surface area contributed by atoms with Crippen molar-refractivity contribution in [1.29, 1.82) is 0 Å². The summed E-state index contributed by atoms with van der Waals surface area (Å²) in [6, 6.07) is 11.6. The highest BCUT2D eigenvalue weighted by atomic mass is 35.5. The van der Waals surface area contributed by atoms with Gasteiger partial charge in [-0.2, -0.15) is 0 Å². The molecule has 1 N–H and O–H groups in total. The van der Waals surface area contributed by atoms with Crippen LogP contribution in [0.3, 0.4) is 0 Å². The maximum Gasteiger partial charge on any atom is 0.295 e. The molecule has 2 amide bonds. The third-order valence-electron chi connectivity index (χ3n) is 5.26. The predicted molar refractivity (Wildman–Crippen MR) is 124 cm³/mol. The predicted octanol–water partition coefficient (Wildman–Crippen LogP) is 4.32. The highest BCUT2D eigenvalue weighted by Gasteiger charge is 2.26. The molecule has 0 bridgehead atoms. The lowest BCUT2D eigenvalue weighted by molar-refractivity contribution is -0.119. The zero-order valence-corrected chi connectivity index (χ0v) is 18.7. The lowest BCUT2D eigenvalue weighted by Crippen LogP contribution is -2.40. The van der Waals surface area contributed by atoms with E-state index in [-0.39, 0.29) is 17.6 Å². The van der Waals surface area contributed by atoms with Crippen molar-refractivity contribution >= 4 is 46.0 Å². The van der Waals surface area contributed by atoms with Crippen LogP contribution in [0.2, 0.25) is 5.02 Å². The Morgan fingerprint density at radius 2 is 1.87 bits per heavy atom. The third kappa shape index (κ3) is 4.32. The molecule has 0 radical (unpaired) electrons. The van der Waals surface area contributed by atoms with E-state index < -0.39 is 11.6 Å². The van der Waals surface area contributed by atoms with Gasteiger partial charge in [-0.15, -0.1) is 0 Å². The van der Waals surface area contributed by atoms with Crippen LogP contribution in [0.5, 0.6) is 0 Å². The molecule has 0 fully saturated rings. The van der Waals surface area contributed by atoms with Gasteiger partial charge in [0.05, 0.1) is 11.0 Å². The number of rotatable bonds is 6. The number of hydrogen-bond acceptors (Lipinski definition) is 4. The van der Waals surface area contributed by atoms with Crippen molar-refractivity contribution in [2.24, 2.45) is 0 Å². The van der Waals surface area contributed by atoms with Crippen LogP contribution < -0.4 is 15.8 Å². The van der Waals surface area contributed by atoms with Gasteiger partial charge in [0.25, 0.3) is 5.56 Å². The second-order valence-electron chi connectivity index (χ2n) is 7.19. The van der Waals surface area contributed by atoms with Crippen LogP contribution in [0.15, 0.2) is 47.3 Å². The maximum atomic E-state index is 13.5. The molecule has 8 heteroatoms. The van der Waals surface area contributed by atoms with E-state index in [9.17, 15) is 14.4 Å². The molecule has 31 heavy (non-hydrogen) atoms. The van der Waals surface area contributed by atoms with Crippen LogP contribution in [0, 0.1) is 6.92 Å². The summed E-state index contributed by atoms with van der Waals surface area (Å²) in [6.07, 6.45) is 0.366. The van der Waals surface area contributed by atoms with Gasteiger partial charge in [-0.1, -0.05) is 36.7 Å². The van der Waals surface area contributed by atoms with Crippen molar-refractivity contribution in [1.82, 2.24) is 9.55 Å². The molecular weight excluding hydrogens is 416 g/mol. The van der Waals surface area contributed by atoms with Crippen LogP contribution in [-0.4, -0.2) is 27.9 Å². The summed E-state index contributed by atoms with van der Waals surface area (Å²) < 4.78 is 1.43. The molecule has 1 heterocycles. The minimum Gasteiger partial charge on any atom is -0.324 e. The molecule has 3 rings (SSSR count). The molecule has 1 aromatic heterocycles. The van der Waals surface area contributed by atoms with E-state index >= 15 is 0 Å². The summed E-state index contributed by atoms with van der Waals surface area (Å²) in [5.41, 5.74) is 1.90. The van der Waals surface area contributed by atoms with Crippen molar-refractivity contribution in [3.8, 4) is 0 Å². The Morgan fingerprint density at radius 1 is 1.16 bits per heavy atom. The van der Waals surface area contributed by atoms with Crippen molar-refractivity contribution in [3.05, 3.63) is 63.4 Å². The maximum absolute atomic E-state index is 13.5. The highest BCUT2D eigenvalue weighted by Crippen LogP contribution is 2.26. The number of nitrogens with zero attached hydrogens (tertiary/aromatic N) is 3. The summed E-state index contributed by atoms with van der Waals surface area (Å²) >= 11 is 6.18. The second-order valence-corrected chi connectivity index (χ2v) is 7.60. The van der Waals surface area contributed by atoms with Gasteiger partial charge in [0.1, 0.15) is 6.04 Å². The lowest BCUT2D eigenvalue weighted by Gasteiger charge is -2.24. The number of hydrogen-bond donors (Lipinski definition) is 1.